The van der Waals surface area contributed by atoms with Crippen LogP contribution in [-0.2, 0) is 12.6 Å². The van der Waals surface area contributed by atoms with Gasteiger partial charge in [0.1, 0.15) is 0 Å². The van der Waals surface area contributed by atoms with Crippen LogP contribution in [0.1, 0.15) is 24.5 Å². The van der Waals surface area contributed by atoms with Gasteiger partial charge in [-0.3, -0.25) is 0 Å². The monoisotopic (exact) mass is 252 g/mol. The number of benzene rings is 1. The molecule has 0 unspecified atom stereocenters. The fraction of sp³-hybridized carbons (Fsp3) is 0.455. The van der Waals surface area contributed by atoms with Crippen LogP contribution in [-0.4, -0.2) is 11.2 Å². The average Bonchev–Trinajstić information content (AvgIpc) is 2.14. The Labute approximate surface area is 96.9 Å². The Kier molecular flexibility index (Phi) is 4.21. The molecule has 1 nitrogen and oxygen atoms in total. The zero-order valence-electron chi connectivity index (χ0n) is 8.68. The van der Waals surface area contributed by atoms with Crippen LogP contribution in [0.4, 0.5) is 13.2 Å². The summed E-state index contributed by atoms with van der Waals surface area (Å²) in [7, 11) is 0. The second-order valence-corrected chi connectivity index (χ2v) is 4.12. The summed E-state index contributed by atoms with van der Waals surface area (Å²) in [6.45, 7) is 1.54. The molecule has 1 atom stereocenters. The molecule has 0 amide bonds. The molecular formula is C11H12ClF3O. The fourth-order valence-corrected chi connectivity index (χ4v) is 1.57. The summed E-state index contributed by atoms with van der Waals surface area (Å²) in [5, 5.41) is 9.12. The van der Waals surface area contributed by atoms with Gasteiger partial charge in [-0.1, -0.05) is 17.7 Å². The average molecular weight is 253 g/mol. The van der Waals surface area contributed by atoms with Crippen LogP contribution < -0.4 is 0 Å². The molecule has 0 radical (unpaired) electrons. The van der Waals surface area contributed by atoms with Crippen molar-refractivity contribution in [3.8, 4) is 0 Å². The SMILES string of the molecule is C[C@H](O)CCc1ccc(Cl)cc1C(F)(F)F. The molecule has 1 aromatic rings. The van der Waals surface area contributed by atoms with Gasteiger partial charge in [0.2, 0.25) is 0 Å². The number of hydrogen-bond donors (Lipinski definition) is 1. The number of aryl methyl sites for hydroxylation is 1. The topological polar surface area (TPSA) is 20.2 Å². The number of aliphatic hydroxyl groups excluding tert-OH is 1. The smallest absolute Gasteiger partial charge is 0.393 e. The van der Waals surface area contributed by atoms with Crippen molar-refractivity contribution in [2.75, 3.05) is 0 Å². The number of halogens is 4. The van der Waals surface area contributed by atoms with E-state index < -0.39 is 17.8 Å². The molecule has 0 saturated carbocycles. The minimum atomic E-state index is -4.40. The van der Waals surface area contributed by atoms with Gasteiger partial charge in [0.25, 0.3) is 0 Å². The zero-order chi connectivity index (χ0) is 12.3. The van der Waals surface area contributed by atoms with Gasteiger partial charge in [-0.25, -0.2) is 0 Å². The van der Waals surface area contributed by atoms with Crippen LogP contribution in [0.2, 0.25) is 5.02 Å². The summed E-state index contributed by atoms with van der Waals surface area (Å²) in [5.41, 5.74) is -0.557. The minimum Gasteiger partial charge on any atom is -0.393 e. The first-order valence-corrected chi connectivity index (χ1v) is 5.22. The van der Waals surface area contributed by atoms with Gasteiger partial charge < -0.3 is 5.11 Å². The van der Waals surface area contributed by atoms with E-state index in [2.05, 4.69) is 0 Å². The summed E-state index contributed by atoms with van der Waals surface area (Å²) < 4.78 is 37.9. The van der Waals surface area contributed by atoms with E-state index in [1.54, 1.807) is 6.92 Å². The molecule has 1 aromatic carbocycles. The van der Waals surface area contributed by atoms with E-state index in [-0.39, 0.29) is 17.0 Å². The van der Waals surface area contributed by atoms with E-state index in [4.69, 9.17) is 16.7 Å². The Morgan fingerprint density at radius 2 is 2.00 bits per heavy atom. The predicted octanol–water partition coefficient (Wildman–Crippen LogP) is 3.67. The number of hydrogen-bond acceptors (Lipinski definition) is 1. The first-order valence-electron chi connectivity index (χ1n) is 4.84. The lowest BCUT2D eigenvalue weighted by atomic mass is 10.0. The second kappa shape index (κ2) is 5.06. The second-order valence-electron chi connectivity index (χ2n) is 3.69. The molecule has 1 N–H and O–H groups in total. The number of rotatable bonds is 3. The van der Waals surface area contributed by atoms with Gasteiger partial charge >= 0.3 is 6.18 Å². The Morgan fingerprint density at radius 3 is 2.50 bits per heavy atom. The van der Waals surface area contributed by atoms with Gasteiger partial charge in [-0.15, -0.1) is 0 Å². The summed E-state index contributed by atoms with van der Waals surface area (Å²) in [6, 6.07) is 3.70. The van der Waals surface area contributed by atoms with Crippen molar-refractivity contribution in [3.63, 3.8) is 0 Å². The maximum absolute atomic E-state index is 12.6. The third-order valence-corrected chi connectivity index (χ3v) is 2.44. The maximum Gasteiger partial charge on any atom is 0.416 e. The highest BCUT2D eigenvalue weighted by Crippen LogP contribution is 2.34. The lowest BCUT2D eigenvalue weighted by molar-refractivity contribution is -0.138. The third-order valence-electron chi connectivity index (χ3n) is 2.21. The number of alkyl halides is 3. The van der Waals surface area contributed by atoms with Crippen molar-refractivity contribution in [1.82, 2.24) is 0 Å². The Hall–Kier alpha value is -0.740. The van der Waals surface area contributed by atoms with Crippen molar-refractivity contribution in [3.05, 3.63) is 34.3 Å². The summed E-state index contributed by atoms with van der Waals surface area (Å²) in [5.74, 6) is 0. The first kappa shape index (κ1) is 13.3. The highest BCUT2D eigenvalue weighted by atomic mass is 35.5. The summed E-state index contributed by atoms with van der Waals surface area (Å²) in [4.78, 5) is 0. The van der Waals surface area contributed by atoms with Crippen LogP contribution >= 0.6 is 11.6 Å². The van der Waals surface area contributed by atoms with Gasteiger partial charge in [-0.05, 0) is 37.5 Å². The molecular weight excluding hydrogens is 241 g/mol. The predicted molar refractivity (Wildman–Crippen MR) is 56.5 cm³/mol. The van der Waals surface area contributed by atoms with E-state index in [1.165, 1.54) is 12.1 Å². The molecule has 0 aliphatic rings. The Balaban J connectivity index is 2.99. The zero-order valence-corrected chi connectivity index (χ0v) is 9.44. The quantitative estimate of drug-likeness (QED) is 0.870. The van der Waals surface area contributed by atoms with Gasteiger partial charge in [0, 0.05) is 5.02 Å². The van der Waals surface area contributed by atoms with Crippen LogP contribution in [0.25, 0.3) is 0 Å². The molecule has 0 aliphatic carbocycles. The van der Waals surface area contributed by atoms with Crippen molar-refractivity contribution in [2.24, 2.45) is 0 Å². The fourth-order valence-electron chi connectivity index (χ4n) is 1.39. The van der Waals surface area contributed by atoms with E-state index >= 15 is 0 Å². The lowest BCUT2D eigenvalue weighted by Gasteiger charge is -2.13. The van der Waals surface area contributed by atoms with Crippen LogP contribution in [0, 0.1) is 0 Å². The number of aliphatic hydroxyl groups is 1. The van der Waals surface area contributed by atoms with Crippen molar-refractivity contribution < 1.29 is 18.3 Å². The van der Waals surface area contributed by atoms with Crippen LogP contribution in [0.5, 0.6) is 0 Å². The van der Waals surface area contributed by atoms with Crippen molar-refractivity contribution in [2.45, 2.75) is 32.0 Å². The summed E-state index contributed by atoms with van der Waals surface area (Å²) in [6.07, 6.45) is -4.54. The van der Waals surface area contributed by atoms with Crippen molar-refractivity contribution >= 4 is 11.6 Å². The lowest BCUT2D eigenvalue weighted by Crippen LogP contribution is -2.11. The molecule has 0 fully saturated rings. The Morgan fingerprint density at radius 1 is 1.38 bits per heavy atom. The molecule has 0 spiro atoms. The molecule has 90 valence electrons. The molecule has 0 heterocycles. The van der Waals surface area contributed by atoms with E-state index in [0.717, 1.165) is 6.07 Å². The molecule has 0 bridgehead atoms. The van der Waals surface area contributed by atoms with E-state index in [9.17, 15) is 13.2 Å². The largest absolute Gasteiger partial charge is 0.416 e. The molecule has 0 saturated heterocycles. The molecule has 0 aromatic heterocycles. The molecule has 1 rings (SSSR count). The molecule has 0 aliphatic heterocycles. The maximum atomic E-state index is 12.6. The van der Waals surface area contributed by atoms with Crippen LogP contribution in [0.15, 0.2) is 18.2 Å². The van der Waals surface area contributed by atoms with Crippen molar-refractivity contribution in [1.29, 1.82) is 0 Å². The van der Waals surface area contributed by atoms with Gasteiger partial charge in [0.15, 0.2) is 0 Å². The highest BCUT2D eigenvalue weighted by Gasteiger charge is 2.33. The summed E-state index contributed by atoms with van der Waals surface area (Å²) >= 11 is 5.54. The normalized spacial score (nSPS) is 13.9. The molecule has 5 heteroatoms. The van der Waals surface area contributed by atoms with E-state index in [0.29, 0.717) is 6.42 Å². The molecule has 16 heavy (non-hydrogen) atoms. The Bertz CT molecular complexity index is 361. The van der Waals surface area contributed by atoms with Gasteiger partial charge in [0.05, 0.1) is 11.7 Å². The van der Waals surface area contributed by atoms with Crippen LogP contribution in [0.3, 0.4) is 0 Å². The third kappa shape index (κ3) is 3.68. The highest BCUT2D eigenvalue weighted by molar-refractivity contribution is 6.30. The minimum absolute atomic E-state index is 0.0631. The first-order chi connectivity index (χ1) is 7.30. The van der Waals surface area contributed by atoms with Gasteiger partial charge in [-0.2, -0.15) is 13.2 Å². The van der Waals surface area contributed by atoms with E-state index in [1.807, 2.05) is 0 Å². The standard InChI is InChI=1S/C11H12ClF3O/c1-7(16)2-3-8-4-5-9(12)6-10(8)11(13,14)15/h4-7,16H,2-3H2,1H3/t7-/m0/s1.